The lowest BCUT2D eigenvalue weighted by Crippen LogP contribution is -2.51. The van der Waals surface area contributed by atoms with Gasteiger partial charge in [-0.25, -0.2) is 8.42 Å². The number of hydrogen-bond acceptors (Lipinski definition) is 4. The van der Waals surface area contributed by atoms with Gasteiger partial charge < -0.3 is 10.2 Å². The van der Waals surface area contributed by atoms with E-state index in [1.807, 2.05) is 6.92 Å². The third kappa shape index (κ3) is 6.97. The number of para-hydroxylation sites is 1. The van der Waals surface area contributed by atoms with Crippen molar-refractivity contribution in [2.75, 3.05) is 23.7 Å². The molecule has 0 bridgehead atoms. The molecular weight excluding hydrogens is 450 g/mol. The molecule has 0 saturated heterocycles. The average Bonchev–Trinajstić information content (AvgIpc) is 2.74. The quantitative estimate of drug-likeness (QED) is 0.566. The molecule has 174 valence electrons. The predicted molar refractivity (Wildman–Crippen MR) is 128 cm³/mol. The third-order valence-electron chi connectivity index (χ3n) is 5.05. The highest BCUT2D eigenvalue weighted by Crippen LogP contribution is 2.23. The Morgan fingerprint density at radius 3 is 2.28 bits per heavy atom. The second-order valence-electron chi connectivity index (χ2n) is 7.67. The molecule has 0 aliphatic heterocycles. The topological polar surface area (TPSA) is 86.8 Å². The van der Waals surface area contributed by atoms with Crippen LogP contribution in [0.3, 0.4) is 0 Å². The number of amides is 2. The predicted octanol–water partition coefficient (Wildman–Crippen LogP) is 3.36. The molecule has 0 saturated carbocycles. The van der Waals surface area contributed by atoms with E-state index in [9.17, 15) is 18.0 Å². The number of sulfonamides is 1. The molecule has 2 aromatic carbocycles. The van der Waals surface area contributed by atoms with Gasteiger partial charge in [-0.05, 0) is 49.6 Å². The number of hydrogen-bond donors (Lipinski definition) is 1. The van der Waals surface area contributed by atoms with E-state index in [1.54, 1.807) is 62.4 Å². The lowest BCUT2D eigenvalue weighted by molar-refractivity contribution is -0.139. The van der Waals surface area contributed by atoms with E-state index in [1.165, 1.54) is 4.90 Å². The first-order valence-corrected chi connectivity index (χ1v) is 12.6. The molecule has 0 fully saturated rings. The Kier molecular flexibility index (Phi) is 9.09. The van der Waals surface area contributed by atoms with Gasteiger partial charge in [-0.1, -0.05) is 48.9 Å². The van der Waals surface area contributed by atoms with Crippen LogP contribution in [-0.4, -0.2) is 50.5 Å². The molecule has 2 amide bonds. The molecule has 7 nitrogen and oxygen atoms in total. The van der Waals surface area contributed by atoms with Crippen molar-refractivity contribution in [3.05, 3.63) is 64.7 Å². The third-order valence-corrected chi connectivity index (χ3v) is 6.42. The fraction of sp³-hybridized carbons (Fsp3) is 0.391. The Morgan fingerprint density at radius 2 is 1.72 bits per heavy atom. The van der Waals surface area contributed by atoms with Gasteiger partial charge in [-0.2, -0.15) is 0 Å². The summed E-state index contributed by atoms with van der Waals surface area (Å²) in [5.41, 5.74) is 1.93. The van der Waals surface area contributed by atoms with Gasteiger partial charge in [-0.3, -0.25) is 13.9 Å². The number of nitrogens with one attached hydrogen (secondary N) is 1. The van der Waals surface area contributed by atoms with E-state index < -0.39 is 28.5 Å². The second kappa shape index (κ2) is 11.3. The molecule has 1 N–H and O–H groups in total. The van der Waals surface area contributed by atoms with Gasteiger partial charge in [0.1, 0.15) is 12.6 Å². The maximum atomic E-state index is 13.4. The smallest absolute Gasteiger partial charge is 0.244 e. The van der Waals surface area contributed by atoms with Gasteiger partial charge in [0, 0.05) is 18.1 Å². The highest BCUT2D eigenvalue weighted by atomic mass is 35.5. The number of anilines is 1. The first-order chi connectivity index (χ1) is 15.0. The van der Waals surface area contributed by atoms with Crippen LogP contribution in [0.5, 0.6) is 0 Å². The molecule has 2 aromatic rings. The highest BCUT2D eigenvalue weighted by molar-refractivity contribution is 7.92. The van der Waals surface area contributed by atoms with Crippen molar-refractivity contribution < 1.29 is 18.0 Å². The summed E-state index contributed by atoms with van der Waals surface area (Å²) < 4.78 is 26.2. The molecule has 1 atom stereocenters. The summed E-state index contributed by atoms with van der Waals surface area (Å²) in [5.74, 6) is -0.774. The van der Waals surface area contributed by atoms with Crippen LogP contribution in [0.25, 0.3) is 0 Å². The van der Waals surface area contributed by atoms with Crippen molar-refractivity contribution in [2.24, 2.45) is 0 Å². The summed E-state index contributed by atoms with van der Waals surface area (Å²) in [6.45, 7) is 5.57. The summed E-state index contributed by atoms with van der Waals surface area (Å²) in [7, 11) is -3.74. The van der Waals surface area contributed by atoms with Crippen molar-refractivity contribution >= 4 is 39.1 Å². The van der Waals surface area contributed by atoms with E-state index in [4.69, 9.17) is 11.6 Å². The van der Waals surface area contributed by atoms with Crippen LogP contribution in [0.1, 0.15) is 31.4 Å². The van der Waals surface area contributed by atoms with E-state index in [2.05, 4.69) is 5.32 Å². The van der Waals surface area contributed by atoms with Crippen molar-refractivity contribution in [3.63, 3.8) is 0 Å². The zero-order valence-electron chi connectivity index (χ0n) is 18.8. The normalized spacial score (nSPS) is 12.2. The molecule has 0 heterocycles. The number of carbonyl (C=O) groups excluding carboxylic acids is 2. The Balaban J connectivity index is 2.37. The maximum Gasteiger partial charge on any atom is 0.244 e. The Hall–Kier alpha value is -2.58. The average molecular weight is 480 g/mol. The number of rotatable bonds is 10. The summed E-state index contributed by atoms with van der Waals surface area (Å²) in [5, 5.41) is 3.36. The molecule has 0 aromatic heterocycles. The standard InChI is InChI=1S/C23H30ClN3O4S/c1-5-14-25-23(29)18(3)26(15-19-10-12-20(24)13-11-19)22(28)16-27(32(4,30)31)21-9-7-6-8-17(21)2/h6-13,18H,5,14-16H2,1-4H3,(H,25,29)/t18-/m1/s1. The molecule has 32 heavy (non-hydrogen) atoms. The van der Waals surface area contributed by atoms with E-state index >= 15 is 0 Å². The van der Waals surface area contributed by atoms with E-state index in [0.717, 1.165) is 28.1 Å². The lowest BCUT2D eigenvalue weighted by Gasteiger charge is -2.32. The minimum atomic E-state index is -3.74. The van der Waals surface area contributed by atoms with Crippen molar-refractivity contribution in [3.8, 4) is 0 Å². The zero-order valence-corrected chi connectivity index (χ0v) is 20.4. The minimum absolute atomic E-state index is 0.141. The number of benzene rings is 2. The Morgan fingerprint density at radius 1 is 1.09 bits per heavy atom. The summed E-state index contributed by atoms with van der Waals surface area (Å²) in [6.07, 6.45) is 1.83. The van der Waals surface area contributed by atoms with Crippen molar-refractivity contribution in [2.45, 2.75) is 39.8 Å². The molecular formula is C23H30ClN3O4S. The number of aryl methyl sites for hydroxylation is 1. The van der Waals surface area contributed by atoms with Gasteiger partial charge in [-0.15, -0.1) is 0 Å². The largest absolute Gasteiger partial charge is 0.354 e. The zero-order chi connectivity index (χ0) is 23.9. The van der Waals surface area contributed by atoms with Crippen LogP contribution in [0.15, 0.2) is 48.5 Å². The second-order valence-corrected chi connectivity index (χ2v) is 10.0. The summed E-state index contributed by atoms with van der Waals surface area (Å²) in [6, 6.07) is 13.1. The van der Waals surface area contributed by atoms with Crippen LogP contribution < -0.4 is 9.62 Å². The van der Waals surface area contributed by atoms with Crippen molar-refractivity contribution in [1.29, 1.82) is 0 Å². The lowest BCUT2D eigenvalue weighted by atomic mass is 10.1. The fourth-order valence-electron chi connectivity index (χ4n) is 3.20. The Labute approximate surface area is 195 Å². The van der Waals surface area contributed by atoms with Crippen LogP contribution in [0.4, 0.5) is 5.69 Å². The van der Waals surface area contributed by atoms with Gasteiger partial charge in [0.05, 0.1) is 11.9 Å². The fourth-order valence-corrected chi connectivity index (χ4v) is 4.24. The van der Waals surface area contributed by atoms with Crippen LogP contribution in [0.2, 0.25) is 5.02 Å². The molecule has 2 rings (SSSR count). The molecule has 0 radical (unpaired) electrons. The van der Waals surface area contributed by atoms with E-state index in [0.29, 0.717) is 17.3 Å². The van der Waals surface area contributed by atoms with Gasteiger partial charge in [0.25, 0.3) is 0 Å². The minimum Gasteiger partial charge on any atom is -0.354 e. The first kappa shape index (κ1) is 25.7. The maximum absolute atomic E-state index is 13.4. The highest BCUT2D eigenvalue weighted by Gasteiger charge is 2.30. The Bertz CT molecular complexity index is 1040. The molecule has 0 aliphatic carbocycles. The first-order valence-electron chi connectivity index (χ1n) is 10.4. The molecule has 0 spiro atoms. The van der Waals surface area contributed by atoms with Gasteiger partial charge in [0.2, 0.25) is 21.8 Å². The SMILES string of the molecule is CCCNC(=O)[C@@H](C)N(Cc1ccc(Cl)cc1)C(=O)CN(c1ccccc1C)S(C)(=O)=O. The molecule has 9 heteroatoms. The number of nitrogens with zero attached hydrogens (tertiary/aromatic N) is 2. The number of halogens is 1. The summed E-state index contributed by atoms with van der Waals surface area (Å²) in [4.78, 5) is 27.4. The van der Waals surface area contributed by atoms with E-state index in [-0.39, 0.29) is 12.5 Å². The molecule has 0 aliphatic rings. The van der Waals surface area contributed by atoms with Gasteiger partial charge in [0.15, 0.2) is 0 Å². The summed E-state index contributed by atoms with van der Waals surface area (Å²) >= 11 is 5.96. The van der Waals surface area contributed by atoms with Crippen molar-refractivity contribution in [1.82, 2.24) is 10.2 Å². The van der Waals surface area contributed by atoms with Crippen LogP contribution in [0, 0.1) is 6.92 Å². The monoisotopic (exact) mass is 479 g/mol. The van der Waals surface area contributed by atoms with Gasteiger partial charge >= 0.3 is 0 Å². The number of carbonyl (C=O) groups is 2. The van der Waals surface area contributed by atoms with Crippen LogP contribution >= 0.6 is 11.6 Å². The van der Waals surface area contributed by atoms with Crippen LogP contribution in [-0.2, 0) is 26.2 Å². The molecule has 0 unspecified atom stereocenters.